The lowest BCUT2D eigenvalue weighted by molar-refractivity contribution is -0.116. The van der Waals surface area contributed by atoms with E-state index >= 15 is 0 Å². The average Bonchev–Trinajstić information content (AvgIpc) is 2.67. The minimum atomic E-state index is -0.419. The Labute approximate surface area is 183 Å². The van der Waals surface area contributed by atoms with E-state index in [0.717, 1.165) is 17.7 Å². The highest BCUT2D eigenvalue weighted by Crippen LogP contribution is 2.23. The van der Waals surface area contributed by atoms with Crippen molar-refractivity contribution in [2.45, 2.75) is 19.4 Å². The van der Waals surface area contributed by atoms with Gasteiger partial charge in [0.1, 0.15) is 5.75 Å². The molecule has 2 amide bonds. The third-order valence-corrected chi connectivity index (χ3v) is 4.61. The van der Waals surface area contributed by atoms with Crippen molar-refractivity contribution in [3.63, 3.8) is 0 Å². The lowest BCUT2D eigenvalue weighted by atomic mass is 10.0. The summed E-state index contributed by atoms with van der Waals surface area (Å²) in [5.74, 6) is 0.465. The molecule has 1 unspecified atom stereocenters. The number of carbonyl (C=O) groups excluding carboxylic acids is 2. The topological polar surface area (TPSA) is 61.9 Å². The number of halogens is 2. The quantitative estimate of drug-likeness (QED) is 0.688. The number of nitrogens with one attached hydrogen (secondary N) is 1. The predicted molar refractivity (Wildman–Crippen MR) is 119 cm³/mol. The van der Waals surface area contributed by atoms with Gasteiger partial charge in [-0.1, -0.05) is 23.7 Å². The smallest absolute Gasteiger partial charge is 0.410 e. The summed E-state index contributed by atoms with van der Waals surface area (Å²) in [4.78, 5) is 26.8. The first kappa shape index (κ1) is 24.8. The number of amides is 2. The zero-order valence-electron chi connectivity index (χ0n) is 17.0. The summed E-state index contributed by atoms with van der Waals surface area (Å²) in [6.45, 7) is 2.11. The van der Waals surface area contributed by atoms with Gasteiger partial charge in [-0.3, -0.25) is 4.79 Å². The van der Waals surface area contributed by atoms with Crippen LogP contribution in [-0.4, -0.2) is 44.6 Å². The van der Waals surface area contributed by atoms with Crippen molar-refractivity contribution in [1.29, 1.82) is 0 Å². The van der Waals surface area contributed by atoms with Crippen molar-refractivity contribution >= 4 is 41.7 Å². The van der Waals surface area contributed by atoms with E-state index in [1.54, 1.807) is 50.2 Å². The van der Waals surface area contributed by atoms with Crippen molar-refractivity contribution in [2.24, 2.45) is 0 Å². The van der Waals surface area contributed by atoms with Crippen LogP contribution in [0.1, 0.15) is 24.9 Å². The van der Waals surface area contributed by atoms with Crippen LogP contribution in [0.25, 0.3) is 0 Å². The lowest BCUT2D eigenvalue weighted by Gasteiger charge is -2.25. The third kappa shape index (κ3) is 7.24. The van der Waals surface area contributed by atoms with E-state index in [2.05, 4.69) is 5.32 Å². The fourth-order valence-electron chi connectivity index (χ4n) is 2.79. The Balaban J connectivity index is 0.00000420. The molecule has 2 aromatic rings. The van der Waals surface area contributed by atoms with Crippen molar-refractivity contribution in [3.05, 3.63) is 59.1 Å². The third-order valence-electron chi connectivity index (χ3n) is 4.36. The van der Waals surface area contributed by atoms with Crippen LogP contribution >= 0.6 is 24.0 Å². The molecule has 158 valence electrons. The molecule has 29 heavy (non-hydrogen) atoms. The normalized spacial score (nSPS) is 11.2. The van der Waals surface area contributed by atoms with E-state index < -0.39 is 6.09 Å². The van der Waals surface area contributed by atoms with Crippen LogP contribution in [-0.2, 0) is 4.79 Å². The van der Waals surface area contributed by atoms with Crippen LogP contribution in [0.4, 0.5) is 10.5 Å². The van der Waals surface area contributed by atoms with Gasteiger partial charge in [0.2, 0.25) is 5.91 Å². The molecule has 0 aliphatic rings. The number of benzene rings is 2. The maximum absolute atomic E-state index is 12.1. The molecular weight excluding hydrogens is 413 g/mol. The van der Waals surface area contributed by atoms with Gasteiger partial charge >= 0.3 is 6.09 Å². The second-order valence-corrected chi connectivity index (χ2v) is 7.04. The molecule has 0 spiro atoms. The van der Waals surface area contributed by atoms with E-state index in [-0.39, 0.29) is 24.4 Å². The number of hydrogen-bond acceptors (Lipinski definition) is 4. The first-order valence-corrected chi connectivity index (χ1v) is 9.39. The van der Waals surface area contributed by atoms with E-state index in [0.29, 0.717) is 17.3 Å². The van der Waals surface area contributed by atoms with Crippen LogP contribution in [0.5, 0.6) is 5.75 Å². The molecule has 6 nitrogen and oxygen atoms in total. The maximum atomic E-state index is 12.1. The molecular formula is C21H27Cl2N3O3. The van der Waals surface area contributed by atoms with Crippen LogP contribution < -0.4 is 15.0 Å². The minimum Gasteiger partial charge on any atom is -0.410 e. The molecule has 0 bridgehead atoms. The molecule has 0 saturated carbocycles. The molecule has 1 N–H and O–H groups in total. The summed E-state index contributed by atoms with van der Waals surface area (Å²) >= 11 is 5.94. The van der Waals surface area contributed by atoms with Crippen molar-refractivity contribution in [1.82, 2.24) is 10.2 Å². The molecule has 0 radical (unpaired) electrons. The van der Waals surface area contributed by atoms with Gasteiger partial charge < -0.3 is 19.9 Å². The molecule has 0 saturated heterocycles. The number of hydrogen-bond donors (Lipinski definition) is 1. The first-order chi connectivity index (χ1) is 13.3. The van der Waals surface area contributed by atoms with E-state index in [1.165, 1.54) is 4.90 Å². The monoisotopic (exact) mass is 439 g/mol. The lowest BCUT2D eigenvalue weighted by Crippen LogP contribution is -2.32. The summed E-state index contributed by atoms with van der Waals surface area (Å²) in [6, 6.07) is 14.6. The van der Waals surface area contributed by atoms with Crippen LogP contribution in [0.15, 0.2) is 48.5 Å². The number of carbonyl (C=O) groups is 2. The van der Waals surface area contributed by atoms with Gasteiger partial charge in [-0.15, -0.1) is 12.4 Å². The molecule has 0 fully saturated rings. The second-order valence-electron chi connectivity index (χ2n) is 6.61. The molecule has 2 rings (SSSR count). The highest BCUT2D eigenvalue weighted by Gasteiger charge is 2.16. The Hall–Kier alpha value is -2.28. The van der Waals surface area contributed by atoms with Gasteiger partial charge in [0.15, 0.2) is 0 Å². The minimum absolute atomic E-state index is 0. The van der Waals surface area contributed by atoms with Crippen molar-refractivity contribution in [2.75, 3.05) is 32.6 Å². The van der Waals surface area contributed by atoms with Gasteiger partial charge in [0.05, 0.1) is 0 Å². The maximum Gasteiger partial charge on any atom is 0.414 e. The molecule has 0 heterocycles. The van der Waals surface area contributed by atoms with E-state index in [4.69, 9.17) is 16.3 Å². The summed E-state index contributed by atoms with van der Waals surface area (Å²) in [5, 5.41) is 3.91. The number of rotatable bonds is 7. The zero-order chi connectivity index (χ0) is 20.7. The Kier molecular flexibility index (Phi) is 9.95. The standard InChI is InChI=1S/C21H26ClN3O3.ClH/c1-15(26)25(18-9-7-17(22)8-10-18)14-13-20(23-2)16-5-11-19(12-6-16)28-21(27)24(3)4;/h5-12,20,23H,13-14H2,1-4H3;1H. The fourth-order valence-corrected chi connectivity index (χ4v) is 2.91. The highest BCUT2D eigenvalue weighted by molar-refractivity contribution is 6.30. The molecule has 1 atom stereocenters. The van der Waals surface area contributed by atoms with Gasteiger partial charge in [-0.2, -0.15) is 0 Å². The highest BCUT2D eigenvalue weighted by atomic mass is 35.5. The van der Waals surface area contributed by atoms with Crippen LogP contribution in [0, 0.1) is 0 Å². The van der Waals surface area contributed by atoms with Crippen LogP contribution in [0.3, 0.4) is 0 Å². The van der Waals surface area contributed by atoms with Gasteiger partial charge in [-0.05, 0) is 55.4 Å². The van der Waals surface area contributed by atoms with Crippen LogP contribution in [0.2, 0.25) is 5.02 Å². The molecule has 2 aromatic carbocycles. The van der Waals surface area contributed by atoms with Gasteiger partial charge in [0.25, 0.3) is 0 Å². The summed E-state index contributed by atoms with van der Waals surface area (Å²) in [7, 11) is 5.15. The van der Waals surface area contributed by atoms with Crippen molar-refractivity contribution < 1.29 is 14.3 Å². The Morgan fingerprint density at radius 1 is 1.07 bits per heavy atom. The average molecular weight is 440 g/mol. The van der Waals surface area contributed by atoms with Crippen molar-refractivity contribution in [3.8, 4) is 5.75 Å². The molecule has 0 aromatic heterocycles. The number of ether oxygens (including phenoxy) is 1. The first-order valence-electron chi connectivity index (χ1n) is 9.02. The predicted octanol–water partition coefficient (Wildman–Crippen LogP) is 4.53. The molecule has 8 heteroatoms. The zero-order valence-corrected chi connectivity index (χ0v) is 18.6. The second kappa shape index (κ2) is 11.7. The molecule has 0 aliphatic carbocycles. The Bertz CT molecular complexity index is 796. The SMILES string of the molecule is CNC(CCN(C(C)=O)c1ccc(Cl)cc1)c1ccc(OC(=O)N(C)C)cc1.Cl. The van der Waals surface area contributed by atoms with E-state index in [9.17, 15) is 9.59 Å². The fraction of sp³-hybridized carbons (Fsp3) is 0.333. The molecule has 0 aliphatic heterocycles. The Morgan fingerprint density at radius 3 is 2.14 bits per heavy atom. The van der Waals surface area contributed by atoms with E-state index in [1.807, 2.05) is 31.3 Å². The summed E-state index contributed by atoms with van der Waals surface area (Å²) in [5.41, 5.74) is 1.87. The number of nitrogens with zero attached hydrogens (tertiary/aromatic N) is 2. The van der Waals surface area contributed by atoms with Gasteiger partial charge in [-0.25, -0.2) is 4.79 Å². The summed E-state index contributed by atoms with van der Waals surface area (Å²) in [6.07, 6.45) is 0.299. The summed E-state index contributed by atoms with van der Waals surface area (Å²) < 4.78 is 5.24. The Morgan fingerprint density at radius 2 is 1.66 bits per heavy atom. The largest absolute Gasteiger partial charge is 0.414 e. The number of anilines is 1. The van der Waals surface area contributed by atoms with Gasteiger partial charge in [0, 0.05) is 44.3 Å².